The summed E-state index contributed by atoms with van der Waals surface area (Å²) in [7, 11) is 0. The van der Waals surface area contributed by atoms with Crippen molar-refractivity contribution in [3.8, 4) is 0 Å². The molecule has 0 aromatic heterocycles. The van der Waals surface area contributed by atoms with Crippen LogP contribution < -0.4 is 10.6 Å². The van der Waals surface area contributed by atoms with Gasteiger partial charge >= 0.3 is 0 Å². The van der Waals surface area contributed by atoms with Gasteiger partial charge in [-0.1, -0.05) is 0 Å². The second-order valence-corrected chi connectivity index (χ2v) is 3.52. The van der Waals surface area contributed by atoms with E-state index >= 15 is 0 Å². The van der Waals surface area contributed by atoms with Crippen LogP contribution >= 0.6 is 0 Å². The van der Waals surface area contributed by atoms with E-state index in [1.54, 1.807) is 0 Å². The lowest BCUT2D eigenvalue weighted by molar-refractivity contribution is -0.148. The third-order valence-electron chi connectivity index (χ3n) is 2.39. The van der Waals surface area contributed by atoms with Crippen LogP contribution in [0.15, 0.2) is 0 Å². The van der Waals surface area contributed by atoms with Crippen LogP contribution in [-0.2, 0) is 14.4 Å². The van der Waals surface area contributed by atoms with Crippen molar-refractivity contribution < 1.29 is 14.4 Å². The minimum Gasteiger partial charge on any atom is -0.324 e. The Hall–Kier alpha value is -1.43. The average molecular weight is 197 g/mol. The Bertz CT molecular complexity index is 282. The molecule has 0 aliphatic carbocycles. The van der Waals surface area contributed by atoms with E-state index < -0.39 is 11.8 Å². The molecule has 2 rings (SSSR count). The lowest BCUT2D eigenvalue weighted by atomic mass is 10.0. The average Bonchev–Trinajstić information content (AvgIpc) is 1.98. The molecule has 2 N–H and O–H groups in total. The standard InChI is InChI=1S/C8H11N3O3/c12-6-3-11(4-7(13)10-6)8(14)5-1-9-2-5/h5,9H,1-4H2,(H,10,12,13). The molecule has 76 valence electrons. The molecule has 0 aromatic carbocycles. The van der Waals surface area contributed by atoms with Gasteiger partial charge in [-0.25, -0.2) is 0 Å². The van der Waals surface area contributed by atoms with E-state index in [1.165, 1.54) is 4.90 Å². The minimum absolute atomic E-state index is 0.00106. The Morgan fingerprint density at radius 1 is 1.21 bits per heavy atom. The van der Waals surface area contributed by atoms with Crippen LogP contribution in [0, 0.1) is 5.92 Å². The summed E-state index contributed by atoms with van der Waals surface area (Å²) < 4.78 is 0. The minimum atomic E-state index is -0.401. The number of piperazine rings is 1. The maximum absolute atomic E-state index is 11.6. The van der Waals surface area contributed by atoms with Crippen molar-refractivity contribution in [3.63, 3.8) is 0 Å². The number of rotatable bonds is 1. The number of hydrogen-bond acceptors (Lipinski definition) is 4. The lowest BCUT2D eigenvalue weighted by Crippen LogP contribution is -2.58. The van der Waals surface area contributed by atoms with Crippen LogP contribution in [0.2, 0.25) is 0 Å². The zero-order chi connectivity index (χ0) is 10.1. The smallest absolute Gasteiger partial charge is 0.246 e. The van der Waals surface area contributed by atoms with Gasteiger partial charge in [0.25, 0.3) is 0 Å². The second kappa shape index (κ2) is 3.38. The van der Waals surface area contributed by atoms with Gasteiger partial charge < -0.3 is 10.2 Å². The van der Waals surface area contributed by atoms with E-state index in [4.69, 9.17) is 0 Å². The molecule has 2 fully saturated rings. The van der Waals surface area contributed by atoms with Crippen LogP contribution in [0.4, 0.5) is 0 Å². The normalized spacial score (nSPS) is 23.0. The van der Waals surface area contributed by atoms with Crippen molar-refractivity contribution in [1.29, 1.82) is 0 Å². The number of carbonyl (C=O) groups excluding carboxylic acids is 3. The SMILES string of the molecule is O=C1CN(C(=O)C2CNC2)CC(=O)N1. The summed E-state index contributed by atoms with van der Waals surface area (Å²) in [5.74, 6) is -0.968. The Balaban J connectivity index is 1.98. The Morgan fingerprint density at radius 3 is 2.21 bits per heavy atom. The molecular weight excluding hydrogens is 186 g/mol. The predicted molar refractivity (Wildman–Crippen MR) is 46.1 cm³/mol. The second-order valence-electron chi connectivity index (χ2n) is 3.52. The van der Waals surface area contributed by atoms with E-state index in [0.717, 1.165) is 0 Å². The Morgan fingerprint density at radius 2 is 1.79 bits per heavy atom. The first-order valence-corrected chi connectivity index (χ1v) is 4.49. The molecule has 2 saturated heterocycles. The molecule has 0 saturated carbocycles. The zero-order valence-electron chi connectivity index (χ0n) is 7.58. The molecule has 2 aliphatic rings. The molecule has 3 amide bonds. The molecule has 14 heavy (non-hydrogen) atoms. The van der Waals surface area contributed by atoms with Gasteiger partial charge in [-0.05, 0) is 0 Å². The zero-order valence-corrected chi connectivity index (χ0v) is 7.58. The number of amides is 3. The number of nitrogens with one attached hydrogen (secondary N) is 2. The largest absolute Gasteiger partial charge is 0.324 e. The first kappa shape index (κ1) is 9.14. The fourth-order valence-electron chi connectivity index (χ4n) is 1.51. The molecule has 6 nitrogen and oxygen atoms in total. The summed E-state index contributed by atoms with van der Waals surface area (Å²) in [6.07, 6.45) is 0. The van der Waals surface area contributed by atoms with Crippen molar-refractivity contribution in [2.24, 2.45) is 5.92 Å². The van der Waals surface area contributed by atoms with Gasteiger partial charge in [-0.2, -0.15) is 0 Å². The molecule has 2 aliphatic heterocycles. The molecule has 0 bridgehead atoms. The van der Waals surface area contributed by atoms with Crippen LogP contribution in [0.3, 0.4) is 0 Å². The monoisotopic (exact) mass is 197 g/mol. The quantitative estimate of drug-likeness (QED) is 0.463. The van der Waals surface area contributed by atoms with E-state index in [1.807, 2.05) is 0 Å². The molecule has 0 atom stereocenters. The highest BCUT2D eigenvalue weighted by Crippen LogP contribution is 2.09. The van der Waals surface area contributed by atoms with Crippen LogP contribution in [-0.4, -0.2) is 48.8 Å². The van der Waals surface area contributed by atoms with Gasteiger partial charge in [0.15, 0.2) is 0 Å². The van der Waals surface area contributed by atoms with E-state index in [0.29, 0.717) is 13.1 Å². The van der Waals surface area contributed by atoms with Crippen molar-refractivity contribution in [2.75, 3.05) is 26.2 Å². The summed E-state index contributed by atoms with van der Waals surface area (Å²) in [6.45, 7) is 1.29. The highest BCUT2D eigenvalue weighted by atomic mass is 16.2. The van der Waals surface area contributed by atoms with Crippen LogP contribution in [0.25, 0.3) is 0 Å². The number of nitrogens with zero attached hydrogens (tertiary/aromatic N) is 1. The molecule has 0 aromatic rings. The fraction of sp³-hybridized carbons (Fsp3) is 0.625. The fourth-order valence-corrected chi connectivity index (χ4v) is 1.51. The predicted octanol–water partition coefficient (Wildman–Crippen LogP) is -2.31. The Labute approximate surface area is 80.6 Å². The van der Waals surface area contributed by atoms with E-state index in [2.05, 4.69) is 10.6 Å². The summed E-state index contributed by atoms with van der Waals surface area (Å²) >= 11 is 0. The molecule has 0 radical (unpaired) electrons. The third-order valence-corrected chi connectivity index (χ3v) is 2.39. The van der Waals surface area contributed by atoms with Gasteiger partial charge in [0.05, 0.1) is 5.92 Å². The van der Waals surface area contributed by atoms with Gasteiger partial charge in [0.2, 0.25) is 17.7 Å². The first-order valence-electron chi connectivity index (χ1n) is 4.49. The maximum Gasteiger partial charge on any atom is 0.246 e. The van der Waals surface area contributed by atoms with Crippen molar-refractivity contribution in [2.45, 2.75) is 0 Å². The van der Waals surface area contributed by atoms with E-state index in [9.17, 15) is 14.4 Å². The molecule has 0 unspecified atom stereocenters. The van der Waals surface area contributed by atoms with Crippen molar-refractivity contribution in [3.05, 3.63) is 0 Å². The van der Waals surface area contributed by atoms with Crippen LogP contribution in [0.5, 0.6) is 0 Å². The molecule has 6 heteroatoms. The summed E-state index contributed by atoms with van der Waals surface area (Å²) in [5, 5.41) is 5.12. The lowest BCUT2D eigenvalue weighted by Gasteiger charge is -2.33. The highest BCUT2D eigenvalue weighted by Gasteiger charge is 2.33. The molecular formula is C8H11N3O3. The van der Waals surface area contributed by atoms with Crippen molar-refractivity contribution >= 4 is 17.7 Å². The topological polar surface area (TPSA) is 78.5 Å². The molecule has 2 heterocycles. The number of carbonyl (C=O) groups is 3. The third kappa shape index (κ3) is 1.60. The Kier molecular flexibility index (Phi) is 2.20. The van der Waals surface area contributed by atoms with Gasteiger partial charge in [0.1, 0.15) is 13.1 Å². The molecule has 0 spiro atoms. The first-order chi connectivity index (χ1) is 6.66. The number of hydrogen-bond donors (Lipinski definition) is 2. The van der Waals surface area contributed by atoms with Gasteiger partial charge in [0, 0.05) is 13.1 Å². The number of imide groups is 1. The highest BCUT2D eigenvalue weighted by molar-refractivity contribution is 6.02. The summed E-state index contributed by atoms with van der Waals surface area (Å²) in [4.78, 5) is 34.9. The van der Waals surface area contributed by atoms with Gasteiger partial charge in [-0.3, -0.25) is 19.7 Å². The maximum atomic E-state index is 11.6. The van der Waals surface area contributed by atoms with E-state index in [-0.39, 0.29) is 24.9 Å². The summed E-state index contributed by atoms with van der Waals surface area (Å²) in [5.41, 5.74) is 0. The van der Waals surface area contributed by atoms with Crippen molar-refractivity contribution in [1.82, 2.24) is 15.5 Å². The summed E-state index contributed by atoms with van der Waals surface area (Å²) in [6, 6.07) is 0. The van der Waals surface area contributed by atoms with Gasteiger partial charge in [-0.15, -0.1) is 0 Å². The van der Waals surface area contributed by atoms with Crippen LogP contribution in [0.1, 0.15) is 0 Å².